The highest BCUT2D eigenvalue weighted by molar-refractivity contribution is 6.13. The number of cyclic esters (lactones) is 1. The summed E-state index contributed by atoms with van der Waals surface area (Å²) in [4.78, 5) is 48.8. The predicted octanol–water partition coefficient (Wildman–Crippen LogP) is 0.670. The SMILES string of the molecule is CC(=O)NCC1CN(c2ccc(/C=C3/C(=O)NC(=O)N3C)cc2)C(=O)O1. The van der Waals surface area contributed by atoms with Crippen LogP contribution in [0.15, 0.2) is 30.0 Å². The van der Waals surface area contributed by atoms with Crippen LogP contribution < -0.4 is 15.5 Å². The monoisotopic (exact) mass is 358 g/mol. The molecule has 2 heterocycles. The third-order valence-electron chi connectivity index (χ3n) is 4.08. The maximum atomic E-state index is 12.0. The minimum absolute atomic E-state index is 0.184. The average Bonchev–Trinajstić information content (AvgIpc) is 3.08. The topological polar surface area (TPSA) is 108 Å². The Balaban J connectivity index is 1.70. The molecule has 0 aliphatic carbocycles. The molecule has 2 aliphatic rings. The summed E-state index contributed by atoms with van der Waals surface area (Å²) < 4.78 is 5.22. The Labute approximate surface area is 149 Å². The molecule has 1 aromatic carbocycles. The molecular weight excluding hydrogens is 340 g/mol. The Bertz CT molecular complexity index is 802. The second kappa shape index (κ2) is 6.87. The largest absolute Gasteiger partial charge is 0.442 e. The van der Waals surface area contributed by atoms with Gasteiger partial charge in [-0.05, 0) is 23.8 Å². The molecule has 1 atom stereocenters. The van der Waals surface area contributed by atoms with Gasteiger partial charge in [-0.3, -0.25) is 24.7 Å². The summed E-state index contributed by atoms with van der Waals surface area (Å²) in [6.07, 6.45) is 0.702. The van der Waals surface area contributed by atoms with E-state index in [1.807, 2.05) is 0 Å². The number of ether oxygens (including phenoxy) is 1. The molecule has 2 saturated heterocycles. The molecule has 3 rings (SSSR count). The number of rotatable bonds is 4. The van der Waals surface area contributed by atoms with E-state index in [0.717, 1.165) is 0 Å². The molecule has 2 aliphatic heterocycles. The maximum absolute atomic E-state index is 12.0. The van der Waals surface area contributed by atoms with Crippen molar-refractivity contribution in [2.45, 2.75) is 13.0 Å². The van der Waals surface area contributed by atoms with Crippen LogP contribution in [0.25, 0.3) is 6.08 Å². The Kier molecular flexibility index (Phi) is 4.61. The molecule has 0 radical (unpaired) electrons. The van der Waals surface area contributed by atoms with Crippen LogP contribution in [-0.2, 0) is 14.3 Å². The predicted molar refractivity (Wildman–Crippen MR) is 92.0 cm³/mol. The van der Waals surface area contributed by atoms with Crippen molar-refractivity contribution in [1.82, 2.24) is 15.5 Å². The zero-order valence-electron chi connectivity index (χ0n) is 14.3. The van der Waals surface area contributed by atoms with Gasteiger partial charge in [0.25, 0.3) is 5.91 Å². The van der Waals surface area contributed by atoms with Crippen LogP contribution >= 0.6 is 0 Å². The van der Waals surface area contributed by atoms with E-state index in [2.05, 4.69) is 10.6 Å². The molecule has 0 aromatic heterocycles. The Morgan fingerprint density at radius 3 is 2.58 bits per heavy atom. The van der Waals surface area contributed by atoms with Crippen LogP contribution in [0.4, 0.5) is 15.3 Å². The van der Waals surface area contributed by atoms with Crippen molar-refractivity contribution >= 4 is 35.7 Å². The molecule has 1 unspecified atom stereocenters. The number of nitrogens with zero attached hydrogens (tertiary/aromatic N) is 2. The number of carbonyl (C=O) groups is 4. The molecule has 0 saturated carbocycles. The van der Waals surface area contributed by atoms with Crippen LogP contribution in [0.3, 0.4) is 0 Å². The lowest BCUT2D eigenvalue weighted by molar-refractivity contribution is -0.119. The minimum atomic E-state index is -0.480. The van der Waals surface area contributed by atoms with Crippen LogP contribution in [0.2, 0.25) is 0 Å². The summed E-state index contributed by atoms with van der Waals surface area (Å²) in [5.41, 5.74) is 1.60. The Morgan fingerprint density at radius 2 is 2.00 bits per heavy atom. The first kappa shape index (κ1) is 17.5. The molecule has 26 heavy (non-hydrogen) atoms. The van der Waals surface area contributed by atoms with Gasteiger partial charge in [0.15, 0.2) is 0 Å². The van der Waals surface area contributed by atoms with E-state index in [0.29, 0.717) is 17.8 Å². The molecule has 0 spiro atoms. The summed E-state index contributed by atoms with van der Waals surface area (Å²) in [6, 6.07) is 6.45. The van der Waals surface area contributed by atoms with E-state index in [1.165, 1.54) is 23.8 Å². The average molecular weight is 358 g/mol. The number of likely N-dealkylation sites (N-methyl/N-ethyl adjacent to an activating group) is 1. The first-order valence-corrected chi connectivity index (χ1v) is 7.98. The van der Waals surface area contributed by atoms with Gasteiger partial charge in [0.05, 0.1) is 13.1 Å². The van der Waals surface area contributed by atoms with Crippen LogP contribution in [0.5, 0.6) is 0 Å². The molecule has 2 N–H and O–H groups in total. The highest BCUT2D eigenvalue weighted by Crippen LogP contribution is 2.23. The van der Waals surface area contributed by atoms with Crippen molar-refractivity contribution in [1.29, 1.82) is 0 Å². The molecule has 1 aromatic rings. The number of hydrogen-bond donors (Lipinski definition) is 2. The summed E-state index contributed by atoms with van der Waals surface area (Å²) in [7, 11) is 1.51. The number of benzene rings is 1. The maximum Gasteiger partial charge on any atom is 0.414 e. The summed E-state index contributed by atoms with van der Waals surface area (Å²) >= 11 is 0. The lowest BCUT2D eigenvalue weighted by Gasteiger charge is -2.13. The van der Waals surface area contributed by atoms with Gasteiger partial charge in [-0.2, -0.15) is 0 Å². The van der Waals surface area contributed by atoms with Crippen molar-refractivity contribution in [2.75, 3.05) is 25.0 Å². The molecular formula is C17H18N4O5. The van der Waals surface area contributed by atoms with Gasteiger partial charge in [-0.15, -0.1) is 0 Å². The number of nitrogens with one attached hydrogen (secondary N) is 2. The number of carbonyl (C=O) groups excluding carboxylic acids is 4. The number of imide groups is 1. The Hall–Kier alpha value is -3.36. The van der Waals surface area contributed by atoms with Crippen molar-refractivity contribution in [2.24, 2.45) is 0 Å². The van der Waals surface area contributed by atoms with Gasteiger partial charge in [0.1, 0.15) is 11.8 Å². The second-order valence-corrected chi connectivity index (χ2v) is 5.99. The zero-order chi connectivity index (χ0) is 18.8. The lowest BCUT2D eigenvalue weighted by Crippen LogP contribution is -2.33. The van der Waals surface area contributed by atoms with Gasteiger partial charge in [0.2, 0.25) is 5.91 Å². The summed E-state index contributed by atoms with van der Waals surface area (Å²) in [6.45, 7) is 1.99. The van der Waals surface area contributed by atoms with Crippen molar-refractivity contribution in [3.8, 4) is 0 Å². The van der Waals surface area contributed by atoms with Gasteiger partial charge < -0.3 is 10.1 Å². The van der Waals surface area contributed by atoms with Crippen molar-refractivity contribution in [3.05, 3.63) is 35.5 Å². The van der Waals surface area contributed by atoms with E-state index < -0.39 is 24.1 Å². The van der Waals surface area contributed by atoms with Crippen molar-refractivity contribution in [3.63, 3.8) is 0 Å². The first-order valence-electron chi connectivity index (χ1n) is 7.98. The molecule has 0 bridgehead atoms. The first-order chi connectivity index (χ1) is 12.3. The highest BCUT2D eigenvalue weighted by atomic mass is 16.6. The highest BCUT2D eigenvalue weighted by Gasteiger charge is 2.32. The molecule has 9 heteroatoms. The fourth-order valence-corrected chi connectivity index (χ4v) is 2.67. The minimum Gasteiger partial charge on any atom is -0.442 e. The van der Waals surface area contributed by atoms with Gasteiger partial charge in [-0.1, -0.05) is 12.1 Å². The van der Waals surface area contributed by atoms with Crippen molar-refractivity contribution < 1.29 is 23.9 Å². The van der Waals surface area contributed by atoms with Crippen LogP contribution in [0.1, 0.15) is 12.5 Å². The molecule has 136 valence electrons. The van der Waals surface area contributed by atoms with E-state index in [4.69, 9.17) is 4.74 Å². The van der Waals surface area contributed by atoms with Gasteiger partial charge in [-0.25, -0.2) is 9.59 Å². The number of urea groups is 1. The zero-order valence-corrected chi connectivity index (χ0v) is 14.3. The van der Waals surface area contributed by atoms with Crippen LogP contribution in [-0.4, -0.2) is 55.1 Å². The smallest absolute Gasteiger partial charge is 0.414 e. The van der Waals surface area contributed by atoms with Gasteiger partial charge >= 0.3 is 12.1 Å². The molecule has 5 amide bonds. The quantitative estimate of drug-likeness (QED) is 0.608. The van der Waals surface area contributed by atoms with Crippen LogP contribution in [0, 0.1) is 0 Å². The summed E-state index contributed by atoms with van der Waals surface area (Å²) in [5.74, 6) is -0.637. The second-order valence-electron chi connectivity index (χ2n) is 5.99. The third kappa shape index (κ3) is 3.51. The van der Waals surface area contributed by atoms with E-state index >= 15 is 0 Å². The Morgan fingerprint density at radius 1 is 1.31 bits per heavy atom. The van der Waals surface area contributed by atoms with E-state index in [9.17, 15) is 19.2 Å². The number of hydrogen-bond acceptors (Lipinski definition) is 5. The standard InChI is InChI=1S/C17H18N4O5/c1-10(22)18-8-13-9-21(17(25)26-13)12-5-3-11(4-6-12)7-14-15(23)19-16(24)20(14)2/h3-7,13H,8-9H2,1-2H3,(H,18,22)(H,19,23,24)/b14-7-. The molecule has 9 nitrogen and oxygen atoms in total. The van der Waals surface area contributed by atoms with Gasteiger partial charge in [0, 0.05) is 19.7 Å². The lowest BCUT2D eigenvalue weighted by atomic mass is 10.1. The third-order valence-corrected chi connectivity index (χ3v) is 4.08. The normalized spacial score (nSPS) is 21.2. The number of amides is 5. The molecule has 2 fully saturated rings. The van der Waals surface area contributed by atoms with E-state index in [1.54, 1.807) is 30.3 Å². The fraction of sp³-hybridized carbons (Fsp3) is 0.294. The fourth-order valence-electron chi connectivity index (χ4n) is 2.67. The summed E-state index contributed by atoms with van der Waals surface area (Å²) in [5, 5.41) is 4.82. The van der Waals surface area contributed by atoms with E-state index in [-0.39, 0.29) is 18.1 Å². The number of anilines is 1.